The van der Waals surface area contributed by atoms with Gasteiger partial charge in [-0.2, -0.15) is 0 Å². The normalized spacial score (nSPS) is 13.2. The van der Waals surface area contributed by atoms with Crippen LogP contribution in [0.25, 0.3) is 0 Å². The molecule has 18 heavy (non-hydrogen) atoms. The highest BCUT2D eigenvalue weighted by Crippen LogP contribution is 2.24. The fourth-order valence-corrected chi connectivity index (χ4v) is 1.71. The summed E-state index contributed by atoms with van der Waals surface area (Å²) in [7, 11) is 0. The summed E-state index contributed by atoms with van der Waals surface area (Å²) in [5.41, 5.74) is 1.64. The Bertz CT molecular complexity index is 407. The van der Waals surface area contributed by atoms with Crippen molar-refractivity contribution in [2.24, 2.45) is 5.41 Å². The molecule has 1 unspecified atom stereocenters. The Labute approximate surface area is 110 Å². The maximum Gasteiger partial charge on any atom is 0.229 e. The first-order valence-corrected chi connectivity index (χ1v) is 6.50. The van der Waals surface area contributed by atoms with Crippen molar-refractivity contribution < 1.29 is 4.79 Å². The summed E-state index contributed by atoms with van der Waals surface area (Å²) in [4.78, 5) is 12.0. The number of nitrogens with one attached hydrogen (secondary N) is 2. The second-order valence-corrected chi connectivity index (χ2v) is 5.57. The molecular weight excluding hydrogens is 224 g/mol. The number of carbonyl (C=O) groups excluding carboxylic acids is 1. The van der Waals surface area contributed by atoms with Gasteiger partial charge in [-0.3, -0.25) is 4.79 Å². The first-order valence-electron chi connectivity index (χ1n) is 6.50. The standard InChI is InChI=1S/C15H24N2O/c1-6-16-11(2)12-9-7-8-10-13(12)17-14(18)15(3,4)5/h7-11,16H,6H2,1-5H3,(H,17,18). The third kappa shape index (κ3) is 3.84. The first kappa shape index (κ1) is 14.7. The van der Waals surface area contributed by atoms with Crippen molar-refractivity contribution in [2.45, 2.75) is 40.7 Å². The van der Waals surface area contributed by atoms with Crippen LogP contribution in [0.5, 0.6) is 0 Å². The molecule has 100 valence electrons. The van der Waals surface area contributed by atoms with Gasteiger partial charge < -0.3 is 10.6 Å². The molecule has 2 N–H and O–H groups in total. The van der Waals surface area contributed by atoms with Crippen molar-refractivity contribution in [2.75, 3.05) is 11.9 Å². The summed E-state index contributed by atoms with van der Waals surface area (Å²) in [6, 6.07) is 8.17. The van der Waals surface area contributed by atoms with Crippen molar-refractivity contribution in [3.8, 4) is 0 Å². The molecule has 0 aromatic heterocycles. The second kappa shape index (κ2) is 6.01. The van der Waals surface area contributed by atoms with Gasteiger partial charge in [-0.25, -0.2) is 0 Å². The number of anilines is 1. The summed E-state index contributed by atoms with van der Waals surface area (Å²) < 4.78 is 0. The second-order valence-electron chi connectivity index (χ2n) is 5.57. The molecule has 1 rings (SSSR count). The quantitative estimate of drug-likeness (QED) is 0.858. The van der Waals surface area contributed by atoms with E-state index in [9.17, 15) is 4.79 Å². The molecule has 1 aromatic carbocycles. The van der Waals surface area contributed by atoms with E-state index in [4.69, 9.17) is 0 Å². The third-order valence-corrected chi connectivity index (χ3v) is 2.87. The molecule has 1 amide bonds. The molecule has 0 fully saturated rings. The molecule has 0 radical (unpaired) electrons. The Balaban J connectivity index is 2.92. The Morgan fingerprint density at radius 3 is 2.44 bits per heavy atom. The fraction of sp³-hybridized carbons (Fsp3) is 0.533. The Morgan fingerprint density at radius 2 is 1.89 bits per heavy atom. The van der Waals surface area contributed by atoms with Crippen LogP contribution in [0.1, 0.15) is 46.2 Å². The van der Waals surface area contributed by atoms with Gasteiger partial charge in [-0.1, -0.05) is 45.9 Å². The predicted molar refractivity (Wildman–Crippen MR) is 76.6 cm³/mol. The van der Waals surface area contributed by atoms with Gasteiger partial charge >= 0.3 is 0 Å². The number of hydrogen-bond acceptors (Lipinski definition) is 2. The van der Waals surface area contributed by atoms with Crippen molar-refractivity contribution >= 4 is 11.6 Å². The van der Waals surface area contributed by atoms with Crippen LogP contribution in [0.15, 0.2) is 24.3 Å². The predicted octanol–water partition coefficient (Wildman–Crippen LogP) is 3.34. The molecule has 1 atom stereocenters. The summed E-state index contributed by atoms with van der Waals surface area (Å²) in [5, 5.41) is 6.37. The zero-order valence-corrected chi connectivity index (χ0v) is 12.0. The molecule has 3 nitrogen and oxygen atoms in total. The van der Waals surface area contributed by atoms with Crippen LogP contribution < -0.4 is 10.6 Å². The summed E-state index contributed by atoms with van der Waals surface area (Å²) in [5.74, 6) is 0.0404. The topological polar surface area (TPSA) is 41.1 Å². The number of benzene rings is 1. The van der Waals surface area contributed by atoms with E-state index in [1.165, 1.54) is 0 Å². The molecule has 0 spiro atoms. The molecule has 1 aromatic rings. The van der Waals surface area contributed by atoms with Crippen LogP contribution in [0.4, 0.5) is 5.69 Å². The van der Waals surface area contributed by atoms with Crippen LogP contribution in [0.2, 0.25) is 0 Å². The van der Waals surface area contributed by atoms with Gasteiger partial charge in [-0.05, 0) is 25.1 Å². The van der Waals surface area contributed by atoms with Crippen molar-refractivity contribution in [3.63, 3.8) is 0 Å². The maximum absolute atomic E-state index is 12.0. The third-order valence-electron chi connectivity index (χ3n) is 2.87. The minimum Gasteiger partial charge on any atom is -0.325 e. The highest BCUT2D eigenvalue weighted by Gasteiger charge is 2.22. The molecular formula is C15H24N2O. The van der Waals surface area contributed by atoms with Gasteiger partial charge in [0, 0.05) is 17.1 Å². The van der Waals surface area contributed by atoms with Gasteiger partial charge in [0.2, 0.25) is 5.91 Å². The molecule has 0 aliphatic rings. The lowest BCUT2D eigenvalue weighted by Gasteiger charge is -2.22. The molecule has 0 saturated carbocycles. The Morgan fingerprint density at radius 1 is 1.28 bits per heavy atom. The van der Waals surface area contributed by atoms with Gasteiger partial charge in [-0.15, -0.1) is 0 Å². The van der Waals surface area contributed by atoms with Gasteiger partial charge in [0.1, 0.15) is 0 Å². The van der Waals surface area contributed by atoms with E-state index in [0.717, 1.165) is 17.8 Å². The number of amides is 1. The van der Waals surface area contributed by atoms with Crippen LogP contribution >= 0.6 is 0 Å². The van der Waals surface area contributed by atoms with E-state index in [0.29, 0.717) is 0 Å². The molecule has 0 aliphatic carbocycles. The van der Waals surface area contributed by atoms with E-state index in [2.05, 4.69) is 24.5 Å². The SMILES string of the molecule is CCNC(C)c1ccccc1NC(=O)C(C)(C)C. The molecule has 0 heterocycles. The van der Waals surface area contributed by atoms with Crippen molar-refractivity contribution in [1.82, 2.24) is 5.32 Å². The smallest absolute Gasteiger partial charge is 0.229 e. The summed E-state index contributed by atoms with van der Waals surface area (Å²) in [6.45, 7) is 10.8. The average Bonchev–Trinajstić information content (AvgIpc) is 2.28. The maximum atomic E-state index is 12.0. The van der Waals surface area contributed by atoms with Gasteiger partial charge in [0.15, 0.2) is 0 Å². The van der Waals surface area contributed by atoms with E-state index < -0.39 is 0 Å². The van der Waals surface area contributed by atoms with Crippen LogP contribution in [-0.4, -0.2) is 12.5 Å². The molecule has 0 saturated heterocycles. The summed E-state index contributed by atoms with van der Waals surface area (Å²) in [6.07, 6.45) is 0. The van der Waals surface area contributed by atoms with E-state index in [1.807, 2.05) is 45.0 Å². The minimum absolute atomic E-state index is 0.0404. The van der Waals surface area contributed by atoms with E-state index in [-0.39, 0.29) is 17.4 Å². The highest BCUT2D eigenvalue weighted by atomic mass is 16.2. The largest absolute Gasteiger partial charge is 0.325 e. The van der Waals surface area contributed by atoms with Crippen LogP contribution in [-0.2, 0) is 4.79 Å². The Hall–Kier alpha value is -1.35. The van der Waals surface area contributed by atoms with E-state index in [1.54, 1.807) is 0 Å². The number of para-hydroxylation sites is 1. The Kier molecular flexibility index (Phi) is 4.91. The van der Waals surface area contributed by atoms with Crippen LogP contribution in [0.3, 0.4) is 0 Å². The monoisotopic (exact) mass is 248 g/mol. The lowest BCUT2D eigenvalue weighted by Crippen LogP contribution is -2.29. The number of rotatable bonds is 4. The molecule has 0 bridgehead atoms. The minimum atomic E-state index is -0.380. The first-order chi connectivity index (χ1) is 8.36. The van der Waals surface area contributed by atoms with Gasteiger partial charge in [0.05, 0.1) is 0 Å². The highest BCUT2D eigenvalue weighted by molar-refractivity contribution is 5.95. The van der Waals surface area contributed by atoms with Crippen molar-refractivity contribution in [3.05, 3.63) is 29.8 Å². The van der Waals surface area contributed by atoms with Crippen molar-refractivity contribution in [1.29, 1.82) is 0 Å². The zero-order valence-electron chi connectivity index (χ0n) is 12.0. The lowest BCUT2D eigenvalue weighted by atomic mass is 9.95. The average molecular weight is 248 g/mol. The van der Waals surface area contributed by atoms with Gasteiger partial charge in [0.25, 0.3) is 0 Å². The summed E-state index contributed by atoms with van der Waals surface area (Å²) >= 11 is 0. The molecule has 0 aliphatic heterocycles. The molecule has 3 heteroatoms. The van der Waals surface area contributed by atoms with E-state index >= 15 is 0 Å². The number of hydrogen-bond donors (Lipinski definition) is 2. The zero-order chi connectivity index (χ0) is 13.8. The van der Waals surface area contributed by atoms with Crippen LogP contribution in [0, 0.1) is 5.41 Å². The fourth-order valence-electron chi connectivity index (χ4n) is 1.71. The number of carbonyl (C=O) groups is 1. The lowest BCUT2D eigenvalue weighted by molar-refractivity contribution is -0.123.